The standard InChI is InChI=1S/C20H20ClNO4/c1-2-12-26-20(25)15-4-3-5-17(13-15)22-19(24)11-10-18(23)14-6-8-16(21)9-7-14/h3-9,13H,2,10-12H2,1H3,(H,22,24). The van der Waals surface area contributed by atoms with Crippen molar-refractivity contribution in [1.29, 1.82) is 0 Å². The number of amides is 1. The van der Waals surface area contributed by atoms with Gasteiger partial charge in [0.25, 0.3) is 0 Å². The minimum Gasteiger partial charge on any atom is -0.462 e. The second-order valence-electron chi connectivity index (χ2n) is 5.69. The van der Waals surface area contributed by atoms with Crippen LogP contribution in [0.5, 0.6) is 0 Å². The Balaban J connectivity index is 1.88. The molecule has 5 nitrogen and oxygen atoms in total. The lowest BCUT2D eigenvalue weighted by Gasteiger charge is -2.08. The molecule has 6 heteroatoms. The Hall–Kier alpha value is -2.66. The van der Waals surface area contributed by atoms with Crippen molar-refractivity contribution in [3.05, 3.63) is 64.7 Å². The van der Waals surface area contributed by atoms with E-state index in [9.17, 15) is 14.4 Å². The first-order valence-corrected chi connectivity index (χ1v) is 8.73. The SMILES string of the molecule is CCCOC(=O)c1cccc(NC(=O)CCC(=O)c2ccc(Cl)cc2)c1. The summed E-state index contributed by atoms with van der Waals surface area (Å²) in [5, 5.41) is 3.24. The Morgan fingerprint density at radius 2 is 1.73 bits per heavy atom. The van der Waals surface area contributed by atoms with Gasteiger partial charge in [-0.15, -0.1) is 0 Å². The van der Waals surface area contributed by atoms with E-state index in [0.29, 0.717) is 28.4 Å². The van der Waals surface area contributed by atoms with Gasteiger partial charge in [0.2, 0.25) is 5.91 Å². The lowest BCUT2D eigenvalue weighted by Crippen LogP contribution is -2.14. The van der Waals surface area contributed by atoms with E-state index in [-0.39, 0.29) is 24.5 Å². The third-order valence-corrected chi connectivity index (χ3v) is 3.82. The molecule has 0 aromatic heterocycles. The minimum absolute atomic E-state index is 0.0476. The highest BCUT2D eigenvalue weighted by atomic mass is 35.5. The van der Waals surface area contributed by atoms with Gasteiger partial charge in [-0.25, -0.2) is 4.79 Å². The predicted molar refractivity (Wildman–Crippen MR) is 101 cm³/mol. The fourth-order valence-electron chi connectivity index (χ4n) is 2.23. The molecule has 2 aromatic rings. The van der Waals surface area contributed by atoms with Crippen molar-refractivity contribution >= 4 is 34.9 Å². The first kappa shape index (κ1) is 19.7. The van der Waals surface area contributed by atoms with Crippen LogP contribution in [-0.2, 0) is 9.53 Å². The number of carbonyl (C=O) groups is 3. The summed E-state index contributed by atoms with van der Waals surface area (Å²) < 4.78 is 5.07. The van der Waals surface area contributed by atoms with Crippen molar-refractivity contribution in [2.45, 2.75) is 26.2 Å². The molecule has 1 amide bonds. The average molecular weight is 374 g/mol. The third-order valence-electron chi connectivity index (χ3n) is 3.56. The number of carbonyl (C=O) groups excluding carboxylic acids is 3. The lowest BCUT2D eigenvalue weighted by atomic mass is 10.1. The second-order valence-corrected chi connectivity index (χ2v) is 6.13. The molecule has 0 aliphatic carbocycles. The van der Waals surface area contributed by atoms with E-state index in [1.54, 1.807) is 48.5 Å². The van der Waals surface area contributed by atoms with E-state index in [0.717, 1.165) is 6.42 Å². The Bertz CT molecular complexity index is 787. The largest absolute Gasteiger partial charge is 0.462 e. The Labute approximate surface area is 157 Å². The van der Waals surface area contributed by atoms with E-state index >= 15 is 0 Å². The number of rotatable bonds is 8. The zero-order valence-electron chi connectivity index (χ0n) is 14.5. The van der Waals surface area contributed by atoms with Crippen LogP contribution in [0.15, 0.2) is 48.5 Å². The fraction of sp³-hybridized carbons (Fsp3) is 0.250. The molecule has 0 saturated carbocycles. The molecule has 0 unspecified atom stereocenters. The lowest BCUT2D eigenvalue weighted by molar-refractivity contribution is -0.116. The van der Waals surface area contributed by atoms with Crippen molar-refractivity contribution in [3.8, 4) is 0 Å². The van der Waals surface area contributed by atoms with Gasteiger partial charge in [-0.1, -0.05) is 24.6 Å². The van der Waals surface area contributed by atoms with Gasteiger partial charge < -0.3 is 10.1 Å². The second kappa shape index (κ2) is 9.73. The molecule has 0 saturated heterocycles. The van der Waals surface area contributed by atoms with Crippen LogP contribution < -0.4 is 5.32 Å². The van der Waals surface area contributed by atoms with E-state index in [2.05, 4.69) is 5.32 Å². The summed E-state index contributed by atoms with van der Waals surface area (Å²) in [6.07, 6.45) is 0.876. The van der Waals surface area contributed by atoms with Crippen LogP contribution in [0.4, 0.5) is 5.69 Å². The molecular weight excluding hydrogens is 354 g/mol. The molecule has 0 aliphatic heterocycles. The van der Waals surface area contributed by atoms with Gasteiger partial charge in [0.05, 0.1) is 12.2 Å². The maximum absolute atomic E-state index is 12.1. The molecule has 0 fully saturated rings. The number of halogens is 1. The maximum Gasteiger partial charge on any atom is 0.338 e. The number of Topliss-reactive ketones (excluding diaryl/α,β-unsaturated/α-hetero) is 1. The molecule has 0 atom stereocenters. The van der Waals surface area contributed by atoms with Crippen molar-refractivity contribution in [3.63, 3.8) is 0 Å². The number of benzene rings is 2. The number of ether oxygens (including phenoxy) is 1. The summed E-state index contributed by atoms with van der Waals surface area (Å²) >= 11 is 5.79. The van der Waals surface area contributed by atoms with E-state index in [1.165, 1.54) is 0 Å². The van der Waals surface area contributed by atoms with Crippen molar-refractivity contribution in [1.82, 2.24) is 0 Å². The van der Waals surface area contributed by atoms with E-state index < -0.39 is 5.97 Å². The molecule has 2 rings (SSSR count). The molecule has 0 heterocycles. The van der Waals surface area contributed by atoms with Crippen LogP contribution in [0.2, 0.25) is 5.02 Å². The van der Waals surface area contributed by atoms with Crippen LogP contribution in [0.1, 0.15) is 46.9 Å². The van der Waals surface area contributed by atoms with E-state index in [1.807, 2.05) is 6.92 Å². The minimum atomic E-state index is -0.430. The van der Waals surface area contributed by atoms with Gasteiger partial charge in [-0.05, 0) is 48.9 Å². The van der Waals surface area contributed by atoms with Crippen LogP contribution in [0.25, 0.3) is 0 Å². The highest BCUT2D eigenvalue weighted by Crippen LogP contribution is 2.14. The summed E-state index contributed by atoms with van der Waals surface area (Å²) in [6.45, 7) is 2.26. The van der Waals surface area contributed by atoms with Crippen LogP contribution in [-0.4, -0.2) is 24.3 Å². The van der Waals surface area contributed by atoms with Gasteiger partial charge in [0.15, 0.2) is 5.78 Å². The molecule has 1 N–H and O–H groups in total. The molecule has 0 aliphatic rings. The highest BCUT2D eigenvalue weighted by Gasteiger charge is 2.11. The zero-order valence-corrected chi connectivity index (χ0v) is 15.2. The third kappa shape index (κ3) is 6.01. The summed E-state index contributed by atoms with van der Waals surface area (Å²) in [5.41, 5.74) is 1.37. The molecule has 0 radical (unpaired) electrons. The van der Waals surface area contributed by atoms with Crippen LogP contribution in [0.3, 0.4) is 0 Å². The topological polar surface area (TPSA) is 72.5 Å². The van der Waals surface area contributed by atoms with Crippen LogP contribution in [0, 0.1) is 0 Å². The number of anilines is 1. The van der Waals surface area contributed by atoms with Crippen molar-refractivity contribution < 1.29 is 19.1 Å². The first-order chi connectivity index (χ1) is 12.5. The Morgan fingerprint density at radius 3 is 2.42 bits per heavy atom. The summed E-state index contributed by atoms with van der Waals surface area (Å²) in [4.78, 5) is 36.0. The summed E-state index contributed by atoms with van der Waals surface area (Å²) in [5.74, 6) is -0.860. The Morgan fingerprint density at radius 1 is 1.00 bits per heavy atom. The number of nitrogens with one attached hydrogen (secondary N) is 1. The van der Waals surface area contributed by atoms with E-state index in [4.69, 9.17) is 16.3 Å². The van der Waals surface area contributed by atoms with Gasteiger partial charge in [0, 0.05) is 29.1 Å². The molecule has 0 spiro atoms. The molecule has 0 bridgehead atoms. The fourth-order valence-corrected chi connectivity index (χ4v) is 2.36. The molecule has 2 aromatic carbocycles. The van der Waals surface area contributed by atoms with Gasteiger partial charge in [-0.2, -0.15) is 0 Å². The van der Waals surface area contributed by atoms with Crippen molar-refractivity contribution in [2.24, 2.45) is 0 Å². The number of ketones is 1. The first-order valence-electron chi connectivity index (χ1n) is 8.35. The monoisotopic (exact) mass is 373 g/mol. The van der Waals surface area contributed by atoms with Gasteiger partial charge in [-0.3, -0.25) is 9.59 Å². The average Bonchev–Trinajstić information content (AvgIpc) is 2.65. The Kier molecular flexibility index (Phi) is 7.36. The normalized spacial score (nSPS) is 10.2. The van der Waals surface area contributed by atoms with Crippen molar-refractivity contribution in [2.75, 3.05) is 11.9 Å². The molecule has 136 valence electrons. The number of hydrogen-bond acceptors (Lipinski definition) is 4. The highest BCUT2D eigenvalue weighted by molar-refractivity contribution is 6.30. The van der Waals surface area contributed by atoms with Crippen LogP contribution >= 0.6 is 11.6 Å². The number of hydrogen-bond donors (Lipinski definition) is 1. The summed E-state index contributed by atoms with van der Waals surface area (Å²) in [6, 6.07) is 13.1. The van der Waals surface area contributed by atoms with Gasteiger partial charge in [0.1, 0.15) is 0 Å². The summed E-state index contributed by atoms with van der Waals surface area (Å²) in [7, 11) is 0. The molecular formula is C20H20ClNO4. The smallest absolute Gasteiger partial charge is 0.338 e. The van der Waals surface area contributed by atoms with Gasteiger partial charge >= 0.3 is 5.97 Å². The zero-order chi connectivity index (χ0) is 18.9. The predicted octanol–water partition coefficient (Wildman–Crippen LogP) is 4.51. The maximum atomic E-state index is 12.1. The quantitative estimate of drug-likeness (QED) is 0.546. The number of esters is 1. The molecule has 26 heavy (non-hydrogen) atoms.